The lowest BCUT2D eigenvalue weighted by Crippen LogP contribution is -1.92. The normalized spacial score (nSPS) is 12.7. The topological polar surface area (TPSA) is 53.1 Å². The zero-order valence-corrected chi connectivity index (χ0v) is 11.3. The van der Waals surface area contributed by atoms with E-state index < -0.39 is 11.1 Å². The SMILES string of the molecule is O=S(O)Cc1cccc(-c2c[nH]c3cc(F)ccc23)c1. The quantitative estimate of drug-likeness (QED) is 0.722. The summed E-state index contributed by atoms with van der Waals surface area (Å²) in [6.45, 7) is 0. The van der Waals surface area contributed by atoms with E-state index in [-0.39, 0.29) is 11.6 Å². The zero-order valence-electron chi connectivity index (χ0n) is 10.5. The second kappa shape index (κ2) is 5.19. The van der Waals surface area contributed by atoms with E-state index in [1.807, 2.05) is 30.5 Å². The second-order valence-corrected chi connectivity index (χ2v) is 5.49. The van der Waals surface area contributed by atoms with Crippen LogP contribution >= 0.6 is 0 Å². The average Bonchev–Trinajstić information content (AvgIpc) is 2.81. The maximum atomic E-state index is 13.2. The summed E-state index contributed by atoms with van der Waals surface area (Å²) in [4.78, 5) is 3.04. The molecule has 0 aliphatic heterocycles. The van der Waals surface area contributed by atoms with Crippen LogP contribution in [0.3, 0.4) is 0 Å². The summed E-state index contributed by atoms with van der Waals surface area (Å²) in [5.41, 5.74) is 3.41. The number of hydrogen-bond donors (Lipinski definition) is 2. The van der Waals surface area contributed by atoms with Crippen molar-refractivity contribution in [3.63, 3.8) is 0 Å². The first-order valence-electron chi connectivity index (χ1n) is 6.07. The van der Waals surface area contributed by atoms with Crippen molar-refractivity contribution in [3.05, 3.63) is 60.0 Å². The van der Waals surface area contributed by atoms with Gasteiger partial charge in [-0.25, -0.2) is 8.60 Å². The number of halogens is 1. The van der Waals surface area contributed by atoms with E-state index >= 15 is 0 Å². The summed E-state index contributed by atoms with van der Waals surface area (Å²) in [7, 11) is 0. The molecule has 0 aliphatic carbocycles. The second-order valence-electron chi connectivity index (χ2n) is 4.56. The number of aromatic nitrogens is 1. The molecule has 0 fully saturated rings. The van der Waals surface area contributed by atoms with Crippen LogP contribution in [0.15, 0.2) is 48.7 Å². The minimum absolute atomic E-state index is 0.102. The van der Waals surface area contributed by atoms with Crippen molar-refractivity contribution in [3.8, 4) is 11.1 Å². The number of H-pyrrole nitrogens is 1. The van der Waals surface area contributed by atoms with Gasteiger partial charge in [-0.3, -0.25) is 0 Å². The van der Waals surface area contributed by atoms with Crippen LogP contribution in [0.1, 0.15) is 5.56 Å². The largest absolute Gasteiger partial charge is 0.360 e. The Morgan fingerprint density at radius 3 is 2.85 bits per heavy atom. The summed E-state index contributed by atoms with van der Waals surface area (Å²) < 4.78 is 33.0. The minimum Gasteiger partial charge on any atom is -0.360 e. The molecule has 3 rings (SSSR count). The smallest absolute Gasteiger partial charge is 0.157 e. The van der Waals surface area contributed by atoms with Crippen molar-refractivity contribution in [2.24, 2.45) is 0 Å². The van der Waals surface area contributed by atoms with Crippen molar-refractivity contribution in [1.82, 2.24) is 4.98 Å². The molecule has 0 saturated heterocycles. The Morgan fingerprint density at radius 2 is 2.05 bits per heavy atom. The molecule has 1 atom stereocenters. The Morgan fingerprint density at radius 1 is 1.20 bits per heavy atom. The third-order valence-corrected chi connectivity index (χ3v) is 3.75. The molecule has 3 nitrogen and oxygen atoms in total. The summed E-state index contributed by atoms with van der Waals surface area (Å²) >= 11 is -1.86. The number of rotatable bonds is 3. The first-order valence-corrected chi connectivity index (χ1v) is 7.34. The summed E-state index contributed by atoms with van der Waals surface area (Å²) in [6.07, 6.45) is 1.82. The first-order chi connectivity index (χ1) is 9.63. The van der Waals surface area contributed by atoms with Gasteiger partial charge in [0.1, 0.15) is 5.82 Å². The Kier molecular flexibility index (Phi) is 3.38. The van der Waals surface area contributed by atoms with E-state index in [0.29, 0.717) is 0 Å². The van der Waals surface area contributed by atoms with Crippen molar-refractivity contribution in [2.45, 2.75) is 5.75 Å². The predicted molar refractivity (Wildman–Crippen MR) is 78.2 cm³/mol. The molecule has 1 heterocycles. The predicted octanol–water partition coefficient (Wildman–Crippen LogP) is 3.70. The van der Waals surface area contributed by atoms with E-state index in [9.17, 15) is 8.60 Å². The Balaban J connectivity index is 2.09. The molecule has 102 valence electrons. The summed E-state index contributed by atoms with van der Waals surface area (Å²) in [6, 6.07) is 12.1. The molecule has 0 spiro atoms. The molecule has 0 bridgehead atoms. The van der Waals surface area contributed by atoms with Crippen LogP contribution in [-0.4, -0.2) is 13.7 Å². The number of nitrogens with one attached hydrogen (secondary N) is 1. The van der Waals surface area contributed by atoms with Crippen molar-refractivity contribution in [1.29, 1.82) is 0 Å². The van der Waals surface area contributed by atoms with E-state index in [2.05, 4.69) is 4.98 Å². The van der Waals surface area contributed by atoms with E-state index in [1.54, 1.807) is 6.07 Å². The van der Waals surface area contributed by atoms with Gasteiger partial charge < -0.3 is 9.54 Å². The zero-order chi connectivity index (χ0) is 14.1. The van der Waals surface area contributed by atoms with Crippen LogP contribution in [0, 0.1) is 5.82 Å². The molecule has 1 unspecified atom stereocenters. The highest BCUT2D eigenvalue weighted by Crippen LogP contribution is 2.29. The molecule has 5 heteroatoms. The van der Waals surface area contributed by atoms with Crippen LogP contribution < -0.4 is 0 Å². The highest BCUT2D eigenvalue weighted by Gasteiger charge is 2.08. The maximum Gasteiger partial charge on any atom is 0.157 e. The number of fused-ring (bicyclic) bond motifs is 1. The van der Waals surface area contributed by atoms with Gasteiger partial charge in [-0.1, -0.05) is 24.3 Å². The van der Waals surface area contributed by atoms with Crippen LogP contribution in [0.2, 0.25) is 0 Å². The Labute approximate surface area is 117 Å². The van der Waals surface area contributed by atoms with E-state index in [0.717, 1.165) is 27.6 Å². The van der Waals surface area contributed by atoms with Crippen LogP contribution in [0.25, 0.3) is 22.0 Å². The average molecular weight is 289 g/mol. The number of aromatic amines is 1. The van der Waals surface area contributed by atoms with Gasteiger partial charge in [0, 0.05) is 22.7 Å². The van der Waals surface area contributed by atoms with Gasteiger partial charge in [-0.2, -0.15) is 0 Å². The monoisotopic (exact) mass is 289 g/mol. The molecule has 0 amide bonds. The third-order valence-electron chi connectivity index (χ3n) is 3.17. The molecule has 2 N–H and O–H groups in total. The van der Waals surface area contributed by atoms with E-state index in [1.165, 1.54) is 12.1 Å². The summed E-state index contributed by atoms with van der Waals surface area (Å²) in [5, 5.41) is 0.925. The fourth-order valence-electron chi connectivity index (χ4n) is 2.31. The van der Waals surface area contributed by atoms with Crippen LogP contribution in [-0.2, 0) is 16.8 Å². The highest BCUT2D eigenvalue weighted by molar-refractivity contribution is 7.78. The minimum atomic E-state index is -1.86. The lowest BCUT2D eigenvalue weighted by atomic mass is 10.0. The van der Waals surface area contributed by atoms with Gasteiger partial charge >= 0.3 is 0 Å². The highest BCUT2D eigenvalue weighted by atomic mass is 32.2. The fourth-order valence-corrected chi connectivity index (χ4v) is 2.77. The number of benzene rings is 2. The van der Waals surface area contributed by atoms with Gasteiger partial charge in [0.15, 0.2) is 11.1 Å². The Bertz CT molecular complexity index is 797. The molecular weight excluding hydrogens is 277 g/mol. The lowest BCUT2D eigenvalue weighted by Gasteiger charge is -2.03. The van der Waals surface area contributed by atoms with E-state index in [4.69, 9.17) is 4.55 Å². The Hall–Kier alpha value is -1.98. The molecule has 0 saturated carbocycles. The van der Waals surface area contributed by atoms with Crippen molar-refractivity contribution >= 4 is 22.0 Å². The molecule has 0 aliphatic rings. The molecule has 2 aromatic carbocycles. The van der Waals surface area contributed by atoms with Crippen LogP contribution in [0.4, 0.5) is 4.39 Å². The van der Waals surface area contributed by atoms with Gasteiger partial charge in [0.25, 0.3) is 0 Å². The third kappa shape index (κ3) is 2.50. The lowest BCUT2D eigenvalue weighted by molar-refractivity contribution is 0.563. The fraction of sp³-hybridized carbons (Fsp3) is 0.0667. The van der Waals surface area contributed by atoms with Gasteiger partial charge in [-0.05, 0) is 29.3 Å². The van der Waals surface area contributed by atoms with Crippen molar-refractivity contribution in [2.75, 3.05) is 0 Å². The molecule has 20 heavy (non-hydrogen) atoms. The molecule has 0 radical (unpaired) electrons. The standard InChI is InChI=1S/C15H12FNO2S/c16-12-4-5-13-14(8-17-15(13)7-12)11-3-1-2-10(6-11)9-20(18)19/h1-8,17H,9H2,(H,18,19). The van der Waals surface area contributed by atoms with Crippen molar-refractivity contribution < 1.29 is 13.2 Å². The first kappa shape index (κ1) is 13.0. The maximum absolute atomic E-state index is 13.2. The number of hydrogen-bond acceptors (Lipinski definition) is 1. The van der Waals surface area contributed by atoms with Gasteiger partial charge in [0.2, 0.25) is 0 Å². The molecular formula is C15H12FNO2S. The summed E-state index contributed by atoms with van der Waals surface area (Å²) in [5.74, 6) is -0.180. The molecule has 1 aromatic heterocycles. The molecule has 3 aromatic rings. The van der Waals surface area contributed by atoms with Gasteiger partial charge in [0.05, 0.1) is 5.75 Å². The van der Waals surface area contributed by atoms with Crippen LogP contribution in [0.5, 0.6) is 0 Å². The van der Waals surface area contributed by atoms with Gasteiger partial charge in [-0.15, -0.1) is 0 Å².